The molecular weight excluding hydrogens is 288 g/mol. The lowest BCUT2D eigenvalue weighted by molar-refractivity contribution is -0.384. The van der Waals surface area contributed by atoms with Crippen molar-refractivity contribution < 1.29 is 23.2 Å². The predicted molar refractivity (Wildman–Crippen MR) is 69.7 cm³/mol. The topological polar surface area (TPSA) is 118 Å². The molecule has 0 saturated heterocycles. The molecule has 1 aromatic carbocycles. The van der Waals surface area contributed by atoms with Crippen LogP contribution in [0.3, 0.4) is 0 Å². The van der Waals surface area contributed by atoms with Crippen molar-refractivity contribution in [1.82, 2.24) is 4.31 Å². The molecule has 0 spiro atoms. The van der Waals surface area contributed by atoms with Gasteiger partial charge in [0.15, 0.2) is 0 Å². The normalized spacial score (nSPS) is 11.2. The lowest BCUT2D eigenvalue weighted by Gasteiger charge is -2.18. The van der Waals surface area contributed by atoms with Crippen LogP contribution in [0.5, 0.6) is 0 Å². The molecule has 0 aliphatic heterocycles. The van der Waals surface area contributed by atoms with Crippen LogP contribution in [0.15, 0.2) is 41.8 Å². The minimum Gasteiger partial charge on any atom is -0.480 e. The number of non-ortho nitro benzene ring substituents is 1. The van der Waals surface area contributed by atoms with Crippen molar-refractivity contribution in [3.63, 3.8) is 0 Å². The van der Waals surface area contributed by atoms with E-state index in [1.165, 1.54) is 6.08 Å². The molecule has 0 bridgehead atoms. The van der Waals surface area contributed by atoms with Crippen molar-refractivity contribution in [3.05, 3.63) is 47.0 Å². The fourth-order valence-corrected chi connectivity index (χ4v) is 2.79. The Hall–Kier alpha value is -2.26. The number of nitro benzene ring substituents is 1. The highest BCUT2D eigenvalue weighted by Gasteiger charge is 2.26. The highest BCUT2D eigenvalue weighted by atomic mass is 32.2. The Labute approximate surface area is 115 Å². The minimum atomic E-state index is -4.04. The van der Waals surface area contributed by atoms with Crippen molar-refractivity contribution in [2.24, 2.45) is 0 Å². The first-order valence-electron chi connectivity index (χ1n) is 5.36. The number of carboxylic acids is 1. The van der Waals surface area contributed by atoms with Gasteiger partial charge in [0.25, 0.3) is 5.69 Å². The van der Waals surface area contributed by atoms with Crippen LogP contribution < -0.4 is 0 Å². The molecule has 20 heavy (non-hydrogen) atoms. The third kappa shape index (κ3) is 3.62. The molecular formula is C11H12N2O6S. The predicted octanol–water partition coefficient (Wildman–Crippen LogP) is 0.856. The fraction of sp³-hybridized carbons (Fsp3) is 0.182. The number of hydrogen-bond acceptors (Lipinski definition) is 5. The Morgan fingerprint density at radius 1 is 1.40 bits per heavy atom. The van der Waals surface area contributed by atoms with Crippen LogP contribution in [0.1, 0.15) is 0 Å². The molecule has 0 heterocycles. The third-order valence-corrected chi connectivity index (χ3v) is 4.16. The van der Waals surface area contributed by atoms with Gasteiger partial charge in [-0.3, -0.25) is 14.9 Å². The number of rotatable bonds is 7. The quantitative estimate of drug-likeness (QED) is 0.453. The molecule has 0 amide bonds. The van der Waals surface area contributed by atoms with Gasteiger partial charge in [-0.25, -0.2) is 8.42 Å². The summed E-state index contributed by atoms with van der Waals surface area (Å²) in [5, 5.41) is 19.2. The van der Waals surface area contributed by atoms with Crippen LogP contribution in [-0.4, -0.2) is 41.8 Å². The molecule has 1 aromatic rings. The molecule has 0 aliphatic rings. The molecule has 8 nitrogen and oxygen atoms in total. The van der Waals surface area contributed by atoms with Crippen molar-refractivity contribution in [3.8, 4) is 0 Å². The van der Waals surface area contributed by atoms with Crippen LogP contribution >= 0.6 is 0 Å². The van der Waals surface area contributed by atoms with E-state index in [1.807, 2.05) is 0 Å². The third-order valence-electron chi connectivity index (χ3n) is 2.33. The second-order valence-electron chi connectivity index (χ2n) is 3.73. The van der Waals surface area contributed by atoms with Crippen molar-refractivity contribution >= 4 is 21.7 Å². The number of aliphatic carboxylic acids is 1. The summed E-state index contributed by atoms with van der Waals surface area (Å²) in [5.74, 6) is -1.31. The van der Waals surface area contributed by atoms with E-state index in [1.54, 1.807) is 0 Å². The Bertz CT molecular complexity index is 623. The Morgan fingerprint density at radius 3 is 2.35 bits per heavy atom. The van der Waals surface area contributed by atoms with E-state index < -0.39 is 27.5 Å². The van der Waals surface area contributed by atoms with E-state index in [0.29, 0.717) is 4.31 Å². The largest absolute Gasteiger partial charge is 0.480 e. The van der Waals surface area contributed by atoms with E-state index in [0.717, 1.165) is 24.3 Å². The van der Waals surface area contributed by atoms with Gasteiger partial charge >= 0.3 is 5.97 Å². The molecule has 0 saturated carbocycles. The van der Waals surface area contributed by atoms with Crippen molar-refractivity contribution in [1.29, 1.82) is 0 Å². The zero-order valence-electron chi connectivity index (χ0n) is 10.3. The first kappa shape index (κ1) is 15.8. The maximum absolute atomic E-state index is 12.2. The van der Waals surface area contributed by atoms with E-state index in [2.05, 4.69) is 6.58 Å². The van der Waals surface area contributed by atoms with E-state index in [-0.39, 0.29) is 17.1 Å². The maximum atomic E-state index is 12.2. The minimum absolute atomic E-state index is 0.175. The maximum Gasteiger partial charge on any atom is 0.318 e. The Morgan fingerprint density at radius 2 is 1.95 bits per heavy atom. The fourth-order valence-electron chi connectivity index (χ4n) is 1.43. The molecule has 0 aliphatic carbocycles. The van der Waals surface area contributed by atoms with E-state index in [4.69, 9.17) is 5.11 Å². The average molecular weight is 300 g/mol. The van der Waals surface area contributed by atoms with Crippen LogP contribution in [0.4, 0.5) is 5.69 Å². The van der Waals surface area contributed by atoms with Crippen LogP contribution in [0.25, 0.3) is 0 Å². The summed E-state index contributed by atoms with van der Waals surface area (Å²) < 4.78 is 25.1. The highest BCUT2D eigenvalue weighted by Crippen LogP contribution is 2.19. The van der Waals surface area contributed by atoms with Crippen molar-refractivity contribution in [2.75, 3.05) is 13.1 Å². The van der Waals surface area contributed by atoms with Gasteiger partial charge < -0.3 is 5.11 Å². The molecule has 9 heteroatoms. The summed E-state index contributed by atoms with van der Waals surface area (Å²) in [5.41, 5.74) is -0.252. The van der Waals surface area contributed by atoms with Gasteiger partial charge in [0.05, 0.1) is 9.82 Å². The second-order valence-corrected chi connectivity index (χ2v) is 5.67. The van der Waals surface area contributed by atoms with Gasteiger partial charge in [0, 0.05) is 18.7 Å². The second kappa shape index (κ2) is 6.26. The van der Waals surface area contributed by atoms with Gasteiger partial charge in [-0.15, -0.1) is 6.58 Å². The summed E-state index contributed by atoms with van der Waals surface area (Å²) in [4.78, 5) is 20.3. The average Bonchev–Trinajstić information content (AvgIpc) is 2.37. The van der Waals surface area contributed by atoms with Gasteiger partial charge in [0.1, 0.15) is 6.54 Å². The van der Waals surface area contributed by atoms with Crippen LogP contribution in [0, 0.1) is 10.1 Å². The zero-order chi connectivity index (χ0) is 15.3. The first-order valence-corrected chi connectivity index (χ1v) is 6.80. The molecule has 108 valence electrons. The molecule has 0 radical (unpaired) electrons. The van der Waals surface area contributed by atoms with E-state index >= 15 is 0 Å². The number of sulfonamides is 1. The molecule has 0 aromatic heterocycles. The summed E-state index contributed by atoms with van der Waals surface area (Å²) in [7, 11) is -4.04. The van der Waals surface area contributed by atoms with Crippen LogP contribution in [0.2, 0.25) is 0 Å². The number of carbonyl (C=O) groups is 1. The smallest absolute Gasteiger partial charge is 0.318 e. The van der Waals surface area contributed by atoms with Gasteiger partial charge in [-0.1, -0.05) is 6.08 Å². The number of nitro groups is 1. The lowest BCUT2D eigenvalue weighted by Crippen LogP contribution is -2.35. The van der Waals surface area contributed by atoms with E-state index in [9.17, 15) is 23.3 Å². The SMILES string of the molecule is C=CCN(CC(=O)O)S(=O)(=O)c1ccc([N+](=O)[O-])cc1. The summed E-state index contributed by atoms with van der Waals surface area (Å²) >= 11 is 0. The number of carboxylic acid groups (broad SMARTS) is 1. The summed E-state index contributed by atoms with van der Waals surface area (Å²) in [6.45, 7) is 2.47. The molecule has 0 unspecified atom stereocenters. The van der Waals surface area contributed by atoms with Gasteiger partial charge in [-0.05, 0) is 12.1 Å². The highest BCUT2D eigenvalue weighted by molar-refractivity contribution is 7.89. The van der Waals surface area contributed by atoms with Gasteiger partial charge in [-0.2, -0.15) is 4.31 Å². The number of benzene rings is 1. The molecule has 1 N–H and O–H groups in total. The summed E-state index contributed by atoms with van der Waals surface area (Å²) in [6, 6.07) is 4.20. The number of nitrogens with zero attached hydrogens (tertiary/aromatic N) is 2. The Balaban J connectivity index is 3.15. The Kier molecular flexibility index (Phi) is 4.94. The van der Waals surface area contributed by atoms with Crippen molar-refractivity contribution in [2.45, 2.75) is 4.90 Å². The monoisotopic (exact) mass is 300 g/mol. The zero-order valence-corrected chi connectivity index (χ0v) is 11.1. The van der Waals surface area contributed by atoms with Crippen LogP contribution in [-0.2, 0) is 14.8 Å². The lowest BCUT2D eigenvalue weighted by atomic mass is 10.3. The van der Waals surface area contributed by atoms with Gasteiger partial charge in [0.2, 0.25) is 10.0 Å². The molecule has 0 atom stereocenters. The number of hydrogen-bond donors (Lipinski definition) is 1. The molecule has 1 rings (SSSR count). The standard InChI is InChI=1S/C11H12N2O6S/c1-2-7-12(8-11(14)15)20(18,19)10-5-3-9(4-6-10)13(16)17/h2-6H,1,7-8H2,(H,14,15). The molecule has 0 fully saturated rings. The first-order chi connectivity index (χ1) is 9.28. The summed E-state index contributed by atoms with van der Waals surface area (Å²) in [6.07, 6.45) is 1.26.